The maximum atomic E-state index is 9.84. The summed E-state index contributed by atoms with van der Waals surface area (Å²) in [6.07, 6.45) is 0. The molecule has 0 aromatic heterocycles. The summed E-state index contributed by atoms with van der Waals surface area (Å²) >= 11 is 0. The van der Waals surface area contributed by atoms with Gasteiger partial charge >= 0.3 is 57.5 Å². The van der Waals surface area contributed by atoms with E-state index >= 15 is 0 Å². The molecule has 3 N–H and O–H groups in total. The molecule has 0 saturated heterocycles. The van der Waals surface area contributed by atoms with Gasteiger partial charge in [0.25, 0.3) is 0 Å². The largest absolute Gasteiger partial charge is 2.00 e. The van der Waals surface area contributed by atoms with Gasteiger partial charge in [0.15, 0.2) is 17.4 Å². The Morgan fingerprint density at radius 2 is 1.67 bits per heavy atom. The molecule has 10 heteroatoms. The number of hydrogen-bond acceptors (Lipinski definition) is 4. The minimum atomic E-state index is -5.01. The molecule has 0 rings (SSSR count). The summed E-state index contributed by atoms with van der Waals surface area (Å²) < 4.78 is 12.9. The van der Waals surface area contributed by atoms with Crippen molar-refractivity contribution in [3.8, 4) is 0 Å². The number of carboxylic acid groups (broad SMARTS) is 1. The summed E-state index contributed by atoms with van der Waals surface area (Å²) in [7, 11) is -5.01. The molecule has 68 valence electrons. The first kappa shape index (κ1) is 18.6. The Hall–Kier alpha value is 0.882. The predicted molar refractivity (Wildman–Crippen MR) is 43.7 cm³/mol. The zero-order valence-electron chi connectivity index (χ0n) is 7.13. The number of rotatable bonds is 1. The summed E-state index contributed by atoms with van der Waals surface area (Å²) in [6, 6.07) is 0. The van der Waals surface area contributed by atoms with Crippen LogP contribution < -0.4 is 0 Å². The van der Waals surface area contributed by atoms with Gasteiger partial charge in [-0.2, -0.15) is 0 Å². The molecule has 0 heterocycles. The monoisotopic (exact) mass is 242 g/mol. The van der Waals surface area contributed by atoms with Gasteiger partial charge in [-0.05, 0) is 0 Å². The second kappa shape index (κ2) is 7.30. The van der Waals surface area contributed by atoms with Crippen LogP contribution in [0.1, 0.15) is 2.85 Å². The van der Waals surface area contributed by atoms with Crippen LogP contribution >= 0.6 is 7.82 Å². The summed E-state index contributed by atoms with van der Waals surface area (Å²) in [4.78, 5) is 35.1. The minimum absolute atomic E-state index is 0. The first-order valence-corrected chi connectivity index (χ1v) is 3.38. The molecular weight excluding hydrogens is 234 g/mol. The molecular formula is C2H8AlCaO7P. The van der Waals surface area contributed by atoms with E-state index in [2.05, 4.69) is 4.52 Å². The molecule has 0 aliphatic heterocycles. The normalized spacial score (nSPS) is 8.83. The first-order chi connectivity index (χ1) is 4.33. The van der Waals surface area contributed by atoms with Crippen molar-refractivity contribution in [3.63, 3.8) is 0 Å². The Bertz CT molecular complexity index is 218. The summed E-state index contributed by atoms with van der Waals surface area (Å²) in [6.45, 7) is 0. The molecule has 0 amide bonds. The van der Waals surface area contributed by atoms with E-state index in [0.717, 1.165) is 0 Å². The van der Waals surface area contributed by atoms with Crippen molar-refractivity contribution in [2.45, 2.75) is 0 Å². The van der Waals surface area contributed by atoms with Crippen molar-refractivity contribution in [1.29, 1.82) is 0 Å². The van der Waals surface area contributed by atoms with Crippen molar-refractivity contribution < 1.29 is 36.4 Å². The number of hydrogen-bond donors (Lipinski definition) is 3. The molecule has 0 bridgehead atoms. The van der Waals surface area contributed by atoms with Gasteiger partial charge in [-0.3, -0.25) is 9.79 Å². The standard InChI is InChI=1S/C2H3O7P.Al.Ca.5H/c3-1(4)2(5)9-10(6,7)8;;;;;;;/h(H,3,4)(H2,6,7,8);;;;;;;/q;;+2;;;;2*-1. The van der Waals surface area contributed by atoms with Crippen molar-refractivity contribution in [2.75, 3.05) is 0 Å². The number of carbonyl (C=O) groups is 2. The third-order valence-electron chi connectivity index (χ3n) is 0.376. The van der Waals surface area contributed by atoms with Crippen LogP contribution in [0.3, 0.4) is 0 Å². The van der Waals surface area contributed by atoms with E-state index < -0.39 is 19.8 Å². The van der Waals surface area contributed by atoms with Crippen LogP contribution in [-0.2, 0) is 18.7 Å². The molecule has 0 spiro atoms. The van der Waals surface area contributed by atoms with E-state index in [1.807, 2.05) is 0 Å². The fourth-order valence-electron chi connectivity index (χ4n) is 0.147. The Labute approximate surface area is 110 Å². The Balaban J connectivity index is -0.0000000675. The zero-order chi connectivity index (χ0) is 8.36. The molecule has 0 aliphatic rings. The van der Waals surface area contributed by atoms with Crippen LogP contribution in [0.15, 0.2) is 0 Å². The molecule has 0 fully saturated rings. The van der Waals surface area contributed by atoms with Crippen LogP contribution in [-0.4, -0.2) is 81.9 Å². The third-order valence-corrected chi connectivity index (χ3v) is 0.780. The van der Waals surface area contributed by atoms with Gasteiger partial charge in [0.05, 0.1) is 0 Å². The van der Waals surface area contributed by atoms with E-state index in [0.29, 0.717) is 0 Å². The molecule has 0 aromatic carbocycles. The minimum Gasteiger partial charge on any atom is -1.00 e. The predicted octanol–water partition coefficient (Wildman–Crippen LogP) is -2.63. The van der Waals surface area contributed by atoms with Gasteiger partial charge in [0, 0.05) is 0 Å². The van der Waals surface area contributed by atoms with E-state index in [1.54, 1.807) is 0 Å². The summed E-state index contributed by atoms with van der Waals surface area (Å²) in [5, 5.41) is 7.73. The van der Waals surface area contributed by atoms with Crippen molar-refractivity contribution >= 4 is 74.9 Å². The Kier molecular flexibility index (Phi) is 11.3. The fourth-order valence-corrected chi connectivity index (χ4v) is 0.441. The average molecular weight is 242 g/mol. The second-order valence-corrected chi connectivity index (χ2v) is 2.34. The van der Waals surface area contributed by atoms with E-state index in [1.165, 1.54) is 0 Å². The molecule has 0 atom stereocenters. The number of phosphoric ester groups is 1. The molecule has 0 unspecified atom stereocenters. The number of aliphatic carboxylic acids is 1. The topological polar surface area (TPSA) is 121 Å². The summed E-state index contributed by atoms with van der Waals surface area (Å²) in [5.41, 5.74) is 0. The Morgan fingerprint density at radius 1 is 1.33 bits per heavy atom. The summed E-state index contributed by atoms with van der Waals surface area (Å²) in [5.74, 6) is -4.03. The van der Waals surface area contributed by atoms with Crippen molar-refractivity contribution in [2.24, 2.45) is 0 Å². The SMILES string of the molecule is O=C(O)C(=O)OP(=O)(O)O.[AlH3].[Ca+2].[H-].[H-]. The van der Waals surface area contributed by atoms with Gasteiger partial charge in [-0.25, -0.2) is 14.2 Å². The molecule has 0 saturated carbocycles. The smallest absolute Gasteiger partial charge is 1.00 e. The van der Waals surface area contributed by atoms with E-state index in [9.17, 15) is 14.2 Å². The van der Waals surface area contributed by atoms with E-state index in [4.69, 9.17) is 14.9 Å². The maximum Gasteiger partial charge on any atom is 2.00 e. The third kappa shape index (κ3) is 10.9. The van der Waals surface area contributed by atoms with Crippen molar-refractivity contribution in [1.82, 2.24) is 0 Å². The van der Waals surface area contributed by atoms with Crippen LogP contribution in [0.4, 0.5) is 0 Å². The maximum absolute atomic E-state index is 9.84. The molecule has 0 radical (unpaired) electrons. The van der Waals surface area contributed by atoms with Gasteiger partial charge < -0.3 is 12.5 Å². The molecule has 0 aliphatic carbocycles. The van der Waals surface area contributed by atoms with Gasteiger partial charge in [-0.15, -0.1) is 0 Å². The van der Waals surface area contributed by atoms with Gasteiger partial charge in [-0.1, -0.05) is 0 Å². The van der Waals surface area contributed by atoms with Crippen LogP contribution in [0.5, 0.6) is 0 Å². The van der Waals surface area contributed by atoms with Crippen LogP contribution in [0.25, 0.3) is 0 Å². The van der Waals surface area contributed by atoms with Crippen LogP contribution in [0, 0.1) is 0 Å². The zero-order valence-corrected chi connectivity index (χ0v) is 8.23. The quantitative estimate of drug-likeness (QED) is 0.261. The molecule has 12 heavy (non-hydrogen) atoms. The van der Waals surface area contributed by atoms with Crippen molar-refractivity contribution in [3.05, 3.63) is 0 Å². The number of carbonyl (C=O) groups excluding carboxylic acids is 1. The fraction of sp³-hybridized carbons (Fsp3) is 0. The first-order valence-electron chi connectivity index (χ1n) is 1.85. The number of carboxylic acids is 1. The van der Waals surface area contributed by atoms with E-state index in [-0.39, 0.29) is 58.0 Å². The molecule has 0 aromatic rings. The molecule has 7 nitrogen and oxygen atoms in total. The van der Waals surface area contributed by atoms with Gasteiger partial charge in [0.1, 0.15) is 0 Å². The van der Waals surface area contributed by atoms with Gasteiger partial charge in [0.2, 0.25) is 0 Å². The average Bonchev–Trinajstić information content (AvgIpc) is 1.60. The Morgan fingerprint density at radius 3 is 1.75 bits per heavy atom. The number of phosphoric acid groups is 1. The second-order valence-electron chi connectivity index (χ2n) is 1.17. The van der Waals surface area contributed by atoms with Crippen LogP contribution in [0.2, 0.25) is 0 Å².